The standard InChI is InChI=1S/C20H26N2O4/c1-7-11-12-15(8-2)18(16(13(5)23)19(25)21-9-3)17(14(6)24)20(26)22-10-4/h7-12,18,23-24H,1,3-4H2,2,5-6H3,(H,21,25)(H,22,26)/b12-11-,15-8+,16-13+,17-14+. The molecule has 0 aromatic heterocycles. The van der Waals surface area contributed by atoms with Crippen molar-refractivity contribution in [1.82, 2.24) is 10.6 Å². The topological polar surface area (TPSA) is 98.7 Å². The fraction of sp³-hybridized carbons (Fsp3) is 0.200. The van der Waals surface area contributed by atoms with Crippen LogP contribution in [0.5, 0.6) is 0 Å². The minimum atomic E-state index is -1.04. The molecule has 0 aromatic rings. The van der Waals surface area contributed by atoms with Gasteiger partial charge < -0.3 is 20.8 Å². The maximum atomic E-state index is 12.5. The van der Waals surface area contributed by atoms with Crippen LogP contribution in [0.3, 0.4) is 0 Å². The first kappa shape index (κ1) is 22.7. The van der Waals surface area contributed by atoms with Gasteiger partial charge in [-0.2, -0.15) is 0 Å². The molecule has 0 spiro atoms. The summed E-state index contributed by atoms with van der Waals surface area (Å²) in [6.07, 6.45) is 8.77. The van der Waals surface area contributed by atoms with E-state index in [4.69, 9.17) is 0 Å². The lowest BCUT2D eigenvalue weighted by atomic mass is 9.81. The molecule has 0 aliphatic carbocycles. The monoisotopic (exact) mass is 358 g/mol. The summed E-state index contributed by atoms with van der Waals surface area (Å²) >= 11 is 0. The molecule has 0 unspecified atom stereocenters. The van der Waals surface area contributed by atoms with Crippen LogP contribution in [0.15, 0.2) is 84.7 Å². The minimum Gasteiger partial charge on any atom is -0.512 e. The molecule has 0 heterocycles. The second-order valence-corrected chi connectivity index (χ2v) is 5.17. The van der Waals surface area contributed by atoms with Crippen molar-refractivity contribution in [3.8, 4) is 0 Å². The van der Waals surface area contributed by atoms with E-state index in [0.717, 1.165) is 12.4 Å². The van der Waals surface area contributed by atoms with Crippen LogP contribution in [0, 0.1) is 5.92 Å². The summed E-state index contributed by atoms with van der Waals surface area (Å²) in [5.74, 6) is -2.94. The van der Waals surface area contributed by atoms with Gasteiger partial charge in [0.25, 0.3) is 11.8 Å². The highest BCUT2D eigenvalue weighted by molar-refractivity contribution is 6.02. The van der Waals surface area contributed by atoms with E-state index in [1.54, 1.807) is 25.2 Å². The van der Waals surface area contributed by atoms with Crippen LogP contribution in [0.1, 0.15) is 20.8 Å². The van der Waals surface area contributed by atoms with Gasteiger partial charge in [-0.3, -0.25) is 9.59 Å². The Bertz CT molecular complexity index is 657. The van der Waals surface area contributed by atoms with Crippen molar-refractivity contribution in [3.63, 3.8) is 0 Å². The van der Waals surface area contributed by atoms with Gasteiger partial charge in [0.15, 0.2) is 0 Å². The van der Waals surface area contributed by atoms with Gasteiger partial charge in [-0.15, -0.1) is 0 Å². The number of nitrogens with one attached hydrogen (secondary N) is 2. The SMILES string of the molecule is C=C/C=C\C(=C/C)C(/C(C(=O)NC=C)=C(/C)O)/C(C(=O)NC=C)=C(/C)O. The lowest BCUT2D eigenvalue weighted by molar-refractivity contribution is -0.117. The van der Waals surface area contributed by atoms with E-state index in [1.807, 2.05) is 0 Å². The van der Waals surface area contributed by atoms with Crippen molar-refractivity contribution < 1.29 is 19.8 Å². The van der Waals surface area contributed by atoms with E-state index in [9.17, 15) is 19.8 Å². The lowest BCUT2D eigenvalue weighted by Crippen LogP contribution is -2.32. The van der Waals surface area contributed by atoms with Gasteiger partial charge in [-0.1, -0.05) is 44.0 Å². The zero-order valence-corrected chi connectivity index (χ0v) is 15.4. The number of carbonyl (C=O) groups is 2. The number of carbonyl (C=O) groups excluding carboxylic acids is 2. The first-order valence-corrected chi connectivity index (χ1v) is 7.84. The second-order valence-electron chi connectivity index (χ2n) is 5.17. The zero-order chi connectivity index (χ0) is 20.3. The van der Waals surface area contributed by atoms with Crippen LogP contribution in [-0.2, 0) is 9.59 Å². The number of allylic oxidation sites excluding steroid dienone is 7. The van der Waals surface area contributed by atoms with Crippen molar-refractivity contribution in [2.75, 3.05) is 0 Å². The molecular weight excluding hydrogens is 332 g/mol. The fourth-order valence-electron chi connectivity index (χ4n) is 2.37. The number of amides is 2. The van der Waals surface area contributed by atoms with Gasteiger partial charge in [0.2, 0.25) is 0 Å². The Morgan fingerprint density at radius 3 is 1.62 bits per heavy atom. The molecule has 26 heavy (non-hydrogen) atoms. The third kappa shape index (κ3) is 5.98. The number of aliphatic hydroxyl groups is 2. The molecule has 6 heteroatoms. The molecule has 0 aromatic carbocycles. The molecule has 0 aliphatic rings. The zero-order valence-electron chi connectivity index (χ0n) is 15.4. The van der Waals surface area contributed by atoms with Crippen molar-refractivity contribution in [2.45, 2.75) is 20.8 Å². The molecule has 4 N–H and O–H groups in total. The molecule has 2 amide bonds. The Balaban J connectivity index is 6.80. The first-order chi connectivity index (χ1) is 12.3. The summed E-state index contributed by atoms with van der Waals surface area (Å²) in [6.45, 7) is 14.8. The average Bonchev–Trinajstić information content (AvgIpc) is 2.55. The van der Waals surface area contributed by atoms with Crippen LogP contribution < -0.4 is 10.6 Å². The van der Waals surface area contributed by atoms with Crippen LogP contribution >= 0.6 is 0 Å². The molecule has 0 fully saturated rings. The molecule has 140 valence electrons. The van der Waals surface area contributed by atoms with Crippen molar-refractivity contribution in [1.29, 1.82) is 0 Å². The molecule has 0 bridgehead atoms. The van der Waals surface area contributed by atoms with Crippen LogP contribution in [-0.4, -0.2) is 22.0 Å². The van der Waals surface area contributed by atoms with Crippen molar-refractivity contribution in [2.24, 2.45) is 5.92 Å². The Labute approximate surface area is 154 Å². The molecule has 0 aliphatic heterocycles. The maximum absolute atomic E-state index is 12.5. The number of rotatable bonds is 9. The van der Waals surface area contributed by atoms with Crippen LogP contribution in [0.4, 0.5) is 0 Å². The van der Waals surface area contributed by atoms with Gasteiger partial charge in [0.1, 0.15) is 0 Å². The molecule has 0 atom stereocenters. The molecule has 0 radical (unpaired) electrons. The molecule has 6 nitrogen and oxygen atoms in total. The Morgan fingerprint density at radius 2 is 1.35 bits per heavy atom. The highest BCUT2D eigenvalue weighted by atomic mass is 16.3. The quantitative estimate of drug-likeness (QED) is 0.288. The van der Waals surface area contributed by atoms with E-state index in [2.05, 4.69) is 30.4 Å². The normalized spacial score (nSPS) is 13.6. The Morgan fingerprint density at radius 1 is 0.923 bits per heavy atom. The van der Waals surface area contributed by atoms with E-state index < -0.39 is 17.7 Å². The molecule has 0 saturated carbocycles. The number of hydrogen-bond acceptors (Lipinski definition) is 4. The minimum absolute atomic E-state index is 0.102. The first-order valence-electron chi connectivity index (χ1n) is 7.84. The third-order valence-corrected chi connectivity index (χ3v) is 3.40. The predicted molar refractivity (Wildman–Crippen MR) is 104 cm³/mol. The average molecular weight is 358 g/mol. The maximum Gasteiger partial charge on any atom is 0.255 e. The summed E-state index contributed by atoms with van der Waals surface area (Å²) in [5.41, 5.74) is 0.291. The third-order valence-electron chi connectivity index (χ3n) is 3.40. The van der Waals surface area contributed by atoms with Gasteiger partial charge in [0, 0.05) is 0 Å². The van der Waals surface area contributed by atoms with E-state index in [1.165, 1.54) is 19.9 Å². The van der Waals surface area contributed by atoms with Crippen LogP contribution in [0.25, 0.3) is 0 Å². The summed E-state index contributed by atoms with van der Waals surface area (Å²) < 4.78 is 0. The van der Waals surface area contributed by atoms with E-state index >= 15 is 0 Å². The summed E-state index contributed by atoms with van der Waals surface area (Å²) in [6, 6.07) is 0. The summed E-state index contributed by atoms with van der Waals surface area (Å²) in [7, 11) is 0. The van der Waals surface area contributed by atoms with Crippen molar-refractivity contribution >= 4 is 11.8 Å². The largest absolute Gasteiger partial charge is 0.512 e. The van der Waals surface area contributed by atoms with Gasteiger partial charge in [0.05, 0.1) is 28.6 Å². The Hall–Kier alpha value is -3.28. The Kier molecular flexibility index (Phi) is 9.88. The fourth-order valence-corrected chi connectivity index (χ4v) is 2.37. The van der Waals surface area contributed by atoms with Crippen molar-refractivity contribution in [3.05, 3.63) is 84.7 Å². The number of aliphatic hydroxyl groups excluding tert-OH is 2. The van der Waals surface area contributed by atoms with E-state index in [0.29, 0.717) is 5.57 Å². The van der Waals surface area contributed by atoms with Gasteiger partial charge in [-0.25, -0.2) is 0 Å². The van der Waals surface area contributed by atoms with E-state index in [-0.39, 0.29) is 22.7 Å². The predicted octanol–water partition coefficient (Wildman–Crippen LogP) is 3.47. The number of hydrogen-bond donors (Lipinski definition) is 4. The highest BCUT2D eigenvalue weighted by Gasteiger charge is 2.33. The smallest absolute Gasteiger partial charge is 0.255 e. The summed E-state index contributed by atoms with van der Waals surface area (Å²) in [5, 5.41) is 25.1. The summed E-state index contributed by atoms with van der Waals surface area (Å²) in [4.78, 5) is 25.0. The lowest BCUT2D eigenvalue weighted by Gasteiger charge is -2.24. The van der Waals surface area contributed by atoms with Gasteiger partial charge >= 0.3 is 0 Å². The highest BCUT2D eigenvalue weighted by Crippen LogP contribution is 2.33. The second kappa shape index (κ2) is 11.3. The van der Waals surface area contributed by atoms with Crippen LogP contribution in [0.2, 0.25) is 0 Å². The molecule has 0 saturated heterocycles. The molecule has 0 rings (SSSR count). The molecular formula is C20H26N2O4. The van der Waals surface area contributed by atoms with Gasteiger partial charge in [-0.05, 0) is 38.7 Å².